The zero-order chi connectivity index (χ0) is 22.0. The molecule has 31 heavy (non-hydrogen) atoms. The van der Waals surface area contributed by atoms with Crippen LogP contribution in [-0.4, -0.2) is 28.2 Å². The first-order chi connectivity index (χ1) is 15.0. The standard InChI is InChI=1S/C23H19N3O4S/c1-30-21-7-5-15(10-17(21)14-3-4-14)18-12-31-23(25-18)26-22(29)16(11-24)8-13-2-6-19(27)20(28)9-13/h2,5-10,12,14,27-28H,3-4H2,1H3,(H,25,26,29)/b16-8+. The number of hydrogen-bond acceptors (Lipinski definition) is 7. The number of phenols is 2. The van der Waals surface area contributed by atoms with Gasteiger partial charge in [-0.2, -0.15) is 5.26 Å². The molecule has 1 heterocycles. The lowest BCUT2D eigenvalue weighted by atomic mass is 10.0. The summed E-state index contributed by atoms with van der Waals surface area (Å²) in [6.45, 7) is 0. The molecule has 0 bridgehead atoms. The van der Waals surface area contributed by atoms with Crippen molar-refractivity contribution in [2.75, 3.05) is 12.4 Å². The second-order valence-electron chi connectivity index (χ2n) is 7.14. The molecule has 7 nitrogen and oxygen atoms in total. The number of hydrogen-bond donors (Lipinski definition) is 3. The van der Waals surface area contributed by atoms with E-state index in [0.29, 0.717) is 16.6 Å². The monoisotopic (exact) mass is 433 g/mol. The molecule has 1 aliphatic carbocycles. The Hall–Kier alpha value is -3.83. The normalized spacial score (nSPS) is 13.5. The molecule has 4 rings (SSSR count). The molecule has 156 valence electrons. The van der Waals surface area contributed by atoms with Gasteiger partial charge in [0.05, 0.1) is 12.8 Å². The number of nitriles is 1. The predicted molar refractivity (Wildman–Crippen MR) is 118 cm³/mol. The number of rotatable bonds is 6. The molecule has 1 aromatic heterocycles. The van der Waals surface area contributed by atoms with Crippen molar-refractivity contribution in [2.45, 2.75) is 18.8 Å². The van der Waals surface area contributed by atoms with Crippen molar-refractivity contribution in [2.24, 2.45) is 0 Å². The first kappa shape index (κ1) is 20.4. The minimum Gasteiger partial charge on any atom is -0.504 e. The second-order valence-corrected chi connectivity index (χ2v) is 8.00. The Kier molecular flexibility index (Phi) is 5.60. The molecule has 3 N–H and O–H groups in total. The van der Waals surface area contributed by atoms with E-state index >= 15 is 0 Å². The van der Waals surface area contributed by atoms with Gasteiger partial charge < -0.3 is 14.9 Å². The first-order valence-corrected chi connectivity index (χ1v) is 10.5. The van der Waals surface area contributed by atoms with Crippen molar-refractivity contribution in [3.8, 4) is 34.6 Å². The Balaban J connectivity index is 1.52. The van der Waals surface area contributed by atoms with Crippen LogP contribution in [0.5, 0.6) is 17.2 Å². The first-order valence-electron chi connectivity index (χ1n) is 9.57. The third-order valence-electron chi connectivity index (χ3n) is 4.94. The number of methoxy groups -OCH3 is 1. The van der Waals surface area contributed by atoms with Crippen LogP contribution in [0.1, 0.15) is 29.9 Å². The second kappa shape index (κ2) is 8.50. The summed E-state index contributed by atoms with van der Waals surface area (Å²) in [5.74, 6) is 0.179. The Bertz CT molecular complexity index is 1220. The lowest BCUT2D eigenvalue weighted by Gasteiger charge is -2.09. The van der Waals surface area contributed by atoms with Crippen molar-refractivity contribution < 1.29 is 19.7 Å². The predicted octanol–water partition coefficient (Wildman–Crippen LogP) is 4.65. The molecule has 0 spiro atoms. The summed E-state index contributed by atoms with van der Waals surface area (Å²) in [4.78, 5) is 17.0. The molecular weight excluding hydrogens is 414 g/mol. The quantitative estimate of drug-likeness (QED) is 0.296. The molecule has 0 aliphatic heterocycles. The lowest BCUT2D eigenvalue weighted by Crippen LogP contribution is -2.13. The van der Waals surface area contributed by atoms with E-state index in [9.17, 15) is 20.3 Å². The van der Waals surface area contributed by atoms with Crippen LogP contribution in [0.2, 0.25) is 0 Å². The van der Waals surface area contributed by atoms with Crippen LogP contribution in [0.15, 0.2) is 47.4 Å². The van der Waals surface area contributed by atoms with Gasteiger partial charge in [-0.25, -0.2) is 4.98 Å². The highest BCUT2D eigenvalue weighted by molar-refractivity contribution is 7.14. The summed E-state index contributed by atoms with van der Waals surface area (Å²) in [5.41, 5.74) is 3.10. The fourth-order valence-electron chi connectivity index (χ4n) is 3.18. The number of aromatic hydroxyl groups is 2. The highest BCUT2D eigenvalue weighted by Crippen LogP contribution is 2.45. The topological polar surface area (TPSA) is 115 Å². The van der Waals surface area contributed by atoms with Crippen LogP contribution in [0.25, 0.3) is 17.3 Å². The van der Waals surface area contributed by atoms with Gasteiger partial charge in [-0.3, -0.25) is 10.1 Å². The van der Waals surface area contributed by atoms with Gasteiger partial charge >= 0.3 is 0 Å². The number of thiazole rings is 1. The Labute approximate surface area is 182 Å². The van der Waals surface area contributed by atoms with Crippen LogP contribution in [0.4, 0.5) is 5.13 Å². The van der Waals surface area contributed by atoms with E-state index in [1.165, 1.54) is 41.2 Å². The molecule has 0 unspecified atom stereocenters. The Morgan fingerprint density at radius 2 is 2.06 bits per heavy atom. The van der Waals surface area contributed by atoms with Crippen LogP contribution in [-0.2, 0) is 4.79 Å². The van der Waals surface area contributed by atoms with Gasteiger partial charge in [0.1, 0.15) is 17.4 Å². The number of aromatic nitrogens is 1. The third-order valence-corrected chi connectivity index (χ3v) is 5.70. The largest absolute Gasteiger partial charge is 0.504 e. The van der Waals surface area contributed by atoms with Crippen molar-refractivity contribution >= 4 is 28.5 Å². The van der Waals surface area contributed by atoms with E-state index < -0.39 is 5.91 Å². The summed E-state index contributed by atoms with van der Waals surface area (Å²) in [5, 5.41) is 33.2. The minimum atomic E-state index is -0.607. The summed E-state index contributed by atoms with van der Waals surface area (Å²) in [6.07, 6.45) is 3.63. The van der Waals surface area contributed by atoms with Gasteiger partial charge in [0.25, 0.3) is 5.91 Å². The molecule has 1 fully saturated rings. The maximum atomic E-state index is 12.5. The fraction of sp³-hybridized carbons (Fsp3) is 0.174. The van der Waals surface area contributed by atoms with E-state index in [1.54, 1.807) is 7.11 Å². The Morgan fingerprint density at radius 1 is 1.26 bits per heavy atom. The minimum absolute atomic E-state index is 0.151. The molecule has 1 aliphatic rings. The SMILES string of the molecule is COc1ccc(-c2csc(NC(=O)/C(C#N)=C/c3ccc(O)c(O)c3)n2)cc1C1CC1. The zero-order valence-electron chi connectivity index (χ0n) is 16.6. The van der Waals surface area contributed by atoms with E-state index in [0.717, 1.165) is 29.8 Å². The van der Waals surface area contributed by atoms with Crippen molar-refractivity contribution in [3.63, 3.8) is 0 Å². The van der Waals surface area contributed by atoms with Crippen LogP contribution in [0.3, 0.4) is 0 Å². The fourth-order valence-corrected chi connectivity index (χ4v) is 3.90. The summed E-state index contributed by atoms with van der Waals surface area (Å²) < 4.78 is 5.46. The van der Waals surface area contributed by atoms with E-state index in [1.807, 2.05) is 23.6 Å². The van der Waals surface area contributed by atoms with Gasteiger partial charge in [0, 0.05) is 10.9 Å². The maximum Gasteiger partial charge on any atom is 0.268 e. The molecular formula is C23H19N3O4S. The highest BCUT2D eigenvalue weighted by Gasteiger charge is 2.27. The van der Waals surface area contributed by atoms with Crippen molar-refractivity contribution in [3.05, 3.63) is 58.5 Å². The van der Waals surface area contributed by atoms with E-state index in [4.69, 9.17) is 4.74 Å². The number of nitrogens with zero attached hydrogens (tertiary/aromatic N) is 2. The van der Waals surface area contributed by atoms with Gasteiger partial charge in [0.15, 0.2) is 16.6 Å². The van der Waals surface area contributed by atoms with Gasteiger partial charge in [0.2, 0.25) is 0 Å². The zero-order valence-corrected chi connectivity index (χ0v) is 17.4. The molecule has 3 aromatic rings. The number of amides is 1. The molecule has 0 saturated heterocycles. The lowest BCUT2D eigenvalue weighted by molar-refractivity contribution is -0.112. The molecule has 0 atom stereocenters. The van der Waals surface area contributed by atoms with Crippen molar-refractivity contribution in [1.29, 1.82) is 5.26 Å². The van der Waals surface area contributed by atoms with Gasteiger partial charge in [-0.05, 0) is 66.3 Å². The highest BCUT2D eigenvalue weighted by atomic mass is 32.1. The number of carbonyl (C=O) groups excluding carboxylic acids is 1. The number of phenolic OH excluding ortho intramolecular Hbond substituents is 2. The average Bonchev–Trinajstić information content (AvgIpc) is 3.52. The smallest absolute Gasteiger partial charge is 0.268 e. The van der Waals surface area contributed by atoms with Crippen LogP contribution >= 0.6 is 11.3 Å². The Morgan fingerprint density at radius 3 is 2.74 bits per heavy atom. The molecule has 0 radical (unpaired) electrons. The van der Waals surface area contributed by atoms with Gasteiger partial charge in [-0.15, -0.1) is 11.3 Å². The van der Waals surface area contributed by atoms with Gasteiger partial charge in [-0.1, -0.05) is 6.07 Å². The van der Waals surface area contributed by atoms with E-state index in [-0.39, 0.29) is 17.1 Å². The van der Waals surface area contributed by atoms with Crippen molar-refractivity contribution in [1.82, 2.24) is 4.98 Å². The summed E-state index contributed by atoms with van der Waals surface area (Å²) in [6, 6.07) is 11.8. The number of benzene rings is 2. The summed E-state index contributed by atoms with van der Waals surface area (Å²) >= 11 is 1.27. The maximum absolute atomic E-state index is 12.5. The number of nitrogens with one attached hydrogen (secondary N) is 1. The average molecular weight is 433 g/mol. The molecule has 1 amide bonds. The van der Waals surface area contributed by atoms with Crippen LogP contribution < -0.4 is 10.1 Å². The third kappa shape index (κ3) is 4.52. The molecule has 2 aromatic carbocycles. The molecule has 1 saturated carbocycles. The number of ether oxygens (including phenoxy) is 1. The van der Waals surface area contributed by atoms with E-state index in [2.05, 4.69) is 16.4 Å². The summed E-state index contributed by atoms with van der Waals surface area (Å²) in [7, 11) is 1.66. The molecule has 8 heteroatoms. The number of carbonyl (C=O) groups is 1. The number of anilines is 1. The van der Waals surface area contributed by atoms with Crippen LogP contribution in [0, 0.1) is 11.3 Å².